The van der Waals surface area contributed by atoms with Crippen LogP contribution in [0.4, 0.5) is 0 Å². The Kier molecular flexibility index (Phi) is 5.98. The van der Waals surface area contributed by atoms with Crippen LogP contribution < -0.4 is 5.32 Å². The summed E-state index contributed by atoms with van der Waals surface area (Å²) in [7, 11) is 0. The highest BCUT2D eigenvalue weighted by atomic mass is 32.1. The van der Waals surface area contributed by atoms with Crippen LogP contribution in [0.1, 0.15) is 28.9 Å². The summed E-state index contributed by atoms with van der Waals surface area (Å²) < 4.78 is 0. The number of likely N-dealkylation sites (N-methyl/N-ethyl adjacent to an activating group) is 1. The topological polar surface area (TPSA) is 37.8 Å². The van der Waals surface area contributed by atoms with Crippen molar-refractivity contribution < 1.29 is 0 Å². The highest BCUT2D eigenvalue weighted by Gasteiger charge is 2.03. The van der Waals surface area contributed by atoms with Gasteiger partial charge in [0.1, 0.15) is 10.0 Å². The van der Waals surface area contributed by atoms with Gasteiger partial charge in [-0.1, -0.05) is 37.3 Å². The molecular formula is C15H21N3S. The van der Waals surface area contributed by atoms with Crippen LogP contribution in [0, 0.1) is 0 Å². The van der Waals surface area contributed by atoms with Crippen LogP contribution in [0.25, 0.3) is 0 Å². The molecule has 0 aliphatic rings. The number of hydrogen-bond acceptors (Lipinski definition) is 4. The van der Waals surface area contributed by atoms with E-state index in [9.17, 15) is 0 Å². The first kappa shape index (κ1) is 14.2. The number of rotatable bonds is 8. The van der Waals surface area contributed by atoms with E-state index in [1.165, 1.54) is 10.6 Å². The standard InChI is InChI=1S/C15H21N3S/c1-2-16-12-11-15-18-17-14(19-15)10-6-9-13-7-4-3-5-8-13/h3-5,7-8,16H,2,6,9-12H2,1H3. The van der Waals surface area contributed by atoms with E-state index >= 15 is 0 Å². The number of aryl methyl sites for hydroxylation is 2. The molecule has 0 aliphatic heterocycles. The fourth-order valence-electron chi connectivity index (χ4n) is 1.95. The summed E-state index contributed by atoms with van der Waals surface area (Å²) >= 11 is 1.76. The molecule has 0 amide bonds. The molecule has 0 saturated heterocycles. The molecule has 102 valence electrons. The predicted octanol–water partition coefficient (Wildman–Crippen LogP) is 2.87. The van der Waals surface area contributed by atoms with E-state index < -0.39 is 0 Å². The molecule has 4 heteroatoms. The fourth-order valence-corrected chi connectivity index (χ4v) is 2.84. The predicted molar refractivity (Wildman–Crippen MR) is 80.6 cm³/mol. The molecule has 0 spiro atoms. The SMILES string of the molecule is CCNCCc1nnc(CCCc2ccccc2)s1. The lowest BCUT2D eigenvalue weighted by Gasteiger charge is -1.98. The highest BCUT2D eigenvalue weighted by Crippen LogP contribution is 2.13. The lowest BCUT2D eigenvalue weighted by atomic mass is 10.1. The second-order valence-corrected chi connectivity index (χ2v) is 5.68. The Morgan fingerprint density at radius 1 is 1.00 bits per heavy atom. The van der Waals surface area contributed by atoms with Crippen molar-refractivity contribution in [3.63, 3.8) is 0 Å². The minimum absolute atomic E-state index is 0.990. The first-order chi connectivity index (χ1) is 9.38. The van der Waals surface area contributed by atoms with Gasteiger partial charge in [-0.05, 0) is 24.9 Å². The number of aromatic nitrogens is 2. The first-order valence-corrected chi connectivity index (χ1v) is 7.76. The van der Waals surface area contributed by atoms with Crippen molar-refractivity contribution in [2.45, 2.75) is 32.6 Å². The molecular weight excluding hydrogens is 254 g/mol. The number of hydrogen-bond donors (Lipinski definition) is 1. The number of nitrogens with zero attached hydrogens (tertiary/aromatic N) is 2. The van der Waals surface area contributed by atoms with Crippen molar-refractivity contribution in [3.05, 3.63) is 45.9 Å². The average molecular weight is 275 g/mol. The van der Waals surface area contributed by atoms with E-state index in [0.717, 1.165) is 43.8 Å². The van der Waals surface area contributed by atoms with Crippen LogP contribution in [-0.2, 0) is 19.3 Å². The highest BCUT2D eigenvalue weighted by molar-refractivity contribution is 7.11. The molecule has 1 N–H and O–H groups in total. The Balaban J connectivity index is 1.71. The van der Waals surface area contributed by atoms with Crippen molar-refractivity contribution in [2.24, 2.45) is 0 Å². The van der Waals surface area contributed by atoms with Crippen molar-refractivity contribution in [1.82, 2.24) is 15.5 Å². The third kappa shape index (κ3) is 5.09. The molecule has 0 fully saturated rings. The molecule has 3 nitrogen and oxygen atoms in total. The molecule has 1 aromatic heterocycles. The molecule has 0 bridgehead atoms. The maximum absolute atomic E-state index is 4.27. The molecule has 0 radical (unpaired) electrons. The Labute approximate surface area is 119 Å². The van der Waals surface area contributed by atoms with Crippen LogP contribution in [0.2, 0.25) is 0 Å². The summed E-state index contributed by atoms with van der Waals surface area (Å²) in [5, 5.41) is 14.1. The van der Waals surface area contributed by atoms with Gasteiger partial charge in [-0.2, -0.15) is 0 Å². The van der Waals surface area contributed by atoms with Crippen LogP contribution in [-0.4, -0.2) is 23.3 Å². The minimum Gasteiger partial charge on any atom is -0.317 e. The van der Waals surface area contributed by atoms with E-state index in [-0.39, 0.29) is 0 Å². The minimum atomic E-state index is 0.990. The Morgan fingerprint density at radius 3 is 2.47 bits per heavy atom. The Bertz CT molecular complexity index is 467. The van der Waals surface area contributed by atoms with Gasteiger partial charge in [-0.15, -0.1) is 21.5 Å². The molecule has 0 atom stereocenters. The average Bonchev–Trinajstić information content (AvgIpc) is 2.88. The van der Waals surface area contributed by atoms with E-state index in [2.05, 4.69) is 52.8 Å². The van der Waals surface area contributed by atoms with E-state index in [4.69, 9.17) is 0 Å². The van der Waals surface area contributed by atoms with Crippen LogP contribution in [0.3, 0.4) is 0 Å². The molecule has 0 unspecified atom stereocenters. The summed E-state index contributed by atoms with van der Waals surface area (Å²) in [5.74, 6) is 0. The van der Waals surface area contributed by atoms with Crippen LogP contribution in [0.15, 0.2) is 30.3 Å². The van der Waals surface area contributed by atoms with Crippen LogP contribution >= 0.6 is 11.3 Å². The summed E-state index contributed by atoms with van der Waals surface area (Å²) in [6.45, 7) is 4.13. The van der Waals surface area contributed by atoms with Crippen LogP contribution in [0.5, 0.6) is 0 Å². The maximum Gasteiger partial charge on any atom is 0.118 e. The molecule has 1 heterocycles. The second kappa shape index (κ2) is 8.02. The molecule has 2 rings (SSSR count). The van der Waals surface area contributed by atoms with Crippen molar-refractivity contribution in [3.8, 4) is 0 Å². The zero-order valence-electron chi connectivity index (χ0n) is 11.4. The molecule has 0 saturated carbocycles. The lowest BCUT2D eigenvalue weighted by Crippen LogP contribution is -2.15. The third-order valence-electron chi connectivity index (χ3n) is 2.97. The van der Waals surface area contributed by atoms with Crippen molar-refractivity contribution >= 4 is 11.3 Å². The normalized spacial score (nSPS) is 10.8. The summed E-state index contributed by atoms with van der Waals surface area (Å²) in [4.78, 5) is 0. The number of nitrogens with one attached hydrogen (secondary N) is 1. The smallest absolute Gasteiger partial charge is 0.118 e. The summed E-state index contributed by atoms with van der Waals surface area (Å²) in [5.41, 5.74) is 1.40. The largest absolute Gasteiger partial charge is 0.317 e. The van der Waals surface area contributed by atoms with Gasteiger partial charge < -0.3 is 5.32 Å². The fraction of sp³-hybridized carbons (Fsp3) is 0.467. The summed E-state index contributed by atoms with van der Waals surface area (Å²) in [6.07, 6.45) is 4.29. The molecule has 1 aromatic carbocycles. The first-order valence-electron chi connectivity index (χ1n) is 6.94. The van der Waals surface area contributed by atoms with Gasteiger partial charge in [0.25, 0.3) is 0 Å². The van der Waals surface area contributed by atoms with E-state index in [0.29, 0.717) is 0 Å². The maximum atomic E-state index is 4.27. The van der Waals surface area contributed by atoms with Gasteiger partial charge in [0, 0.05) is 19.4 Å². The van der Waals surface area contributed by atoms with Gasteiger partial charge in [-0.3, -0.25) is 0 Å². The number of benzene rings is 1. The van der Waals surface area contributed by atoms with Gasteiger partial charge in [0.15, 0.2) is 0 Å². The second-order valence-electron chi connectivity index (χ2n) is 4.53. The van der Waals surface area contributed by atoms with E-state index in [1.807, 2.05) is 0 Å². The summed E-state index contributed by atoms with van der Waals surface area (Å²) in [6, 6.07) is 10.6. The molecule has 2 aromatic rings. The lowest BCUT2D eigenvalue weighted by molar-refractivity contribution is 0.709. The molecule has 0 aliphatic carbocycles. The zero-order chi connectivity index (χ0) is 13.3. The monoisotopic (exact) mass is 275 g/mol. The van der Waals surface area contributed by atoms with E-state index in [1.54, 1.807) is 11.3 Å². The van der Waals surface area contributed by atoms with Gasteiger partial charge in [-0.25, -0.2) is 0 Å². The van der Waals surface area contributed by atoms with Gasteiger partial charge in [0.05, 0.1) is 0 Å². The third-order valence-corrected chi connectivity index (χ3v) is 4.02. The Morgan fingerprint density at radius 2 is 1.74 bits per heavy atom. The van der Waals surface area contributed by atoms with Gasteiger partial charge in [0.2, 0.25) is 0 Å². The quantitative estimate of drug-likeness (QED) is 0.753. The Hall–Kier alpha value is -1.26. The van der Waals surface area contributed by atoms with Gasteiger partial charge >= 0.3 is 0 Å². The van der Waals surface area contributed by atoms with Crippen molar-refractivity contribution in [2.75, 3.05) is 13.1 Å². The zero-order valence-corrected chi connectivity index (χ0v) is 12.2. The molecule has 19 heavy (non-hydrogen) atoms. The van der Waals surface area contributed by atoms with Crippen molar-refractivity contribution in [1.29, 1.82) is 0 Å².